The lowest BCUT2D eigenvalue weighted by Gasteiger charge is -2.42. The van der Waals surface area contributed by atoms with Gasteiger partial charge in [0.2, 0.25) is 0 Å². The number of hydrogen-bond acceptors (Lipinski definition) is 6. The first-order valence-electron chi connectivity index (χ1n) is 11.0. The van der Waals surface area contributed by atoms with Crippen LogP contribution in [0.5, 0.6) is 5.75 Å². The number of benzene rings is 2. The van der Waals surface area contributed by atoms with Crippen molar-refractivity contribution in [3.63, 3.8) is 0 Å². The van der Waals surface area contributed by atoms with Gasteiger partial charge in [-0.3, -0.25) is 0 Å². The second-order valence-electron chi connectivity index (χ2n) is 8.40. The van der Waals surface area contributed by atoms with Crippen LogP contribution in [0, 0.1) is 5.92 Å². The molecule has 2 saturated heterocycles. The lowest BCUT2D eigenvalue weighted by Crippen LogP contribution is -2.51. The van der Waals surface area contributed by atoms with E-state index in [1.54, 1.807) is 6.08 Å². The van der Waals surface area contributed by atoms with Crippen molar-refractivity contribution in [1.29, 1.82) is 0 Å². The fourth-order valence-electron chi connectivity index (χ4n) is 4.62. The lowest BCUT2D eigenvalue weighted by molar-refractivity contribution is 0.247. The van der Waals surface area contributed by atoms with Crippen LogP contribution in [-0.2, 0) is 0 Å². The summed E-state index contributed by atoms with van der Waals surface area (Å²) in [6.07, 6.45) is 6.30. The molecule has 31 heavy (non-hydrogen) atoms. The van der Waals surface area contributed by atoms with Crippen molar-refractivity contribution in [2.45, 2.75) is 19.8 Å². The second-order valence-corrected chi connectivity index (χ2v) is 8.40. The van der Waals surface area contributed by atoms with Gasteiger partial charge in [-0.25, -0.2) is 4.63 Å². The van der Waals surface area contributed by atoms with Crippen LogP contribution < -0.4 is 9.64 Å². The molecule has 0 N–H and O–H groups in total. The average Bonchev–Trinajstić information content (AvgIpc) is 3.46. The molecule has 0 radical (unpaired) electrons. The van der Waals surface area contributed by atoms with E-state index in [1.807, 2.05) is 37.3 Å². The van der Waals surface area contributed by atoms with Crippen molar-refractivity contribution in [2.24, 2.45) is 5.92 Å². The number of ether oxygens (including phenoxy) is 1. The number of fused-ring (bicyclic) bond motifs is 1. The zero-order valence-corrected chi connectivity index (χ0v) is 18.0. The average molecular weight is 417 g/mol. The number of para-hydroxylation sites is 1. The molecule has 1 aromatic heterocycles. The number of likely N-dealkylation sites (tertiary alicyclic amines) is 1. The maximum atomic E-state index is 6.09. The van der Waals surface area contributed by atoms with Crippen LogP contribution in [0.1, 0.15) is 19.8 Å². The molecule has 0 amide bonds. The molecule has 2 fully saturated rings. The van der Waals surface area contributed by atoms with E-state index in [0.717, 1.165) is 52.4 Å². The van der Waals surface area contributed by atoms with E-state index in [1.165, 1.54) is 32.5 Å². The Morgan fingerprint density at radius 1 is 1.19 bits per heavy atom. The highest BCUT2D eigenvalue weighted by molar-refractivity contribution is 5.93. The van der Waals surface area contributed by atoms with E-state index in [0.29, 0.717) is 5.92 Å². The molecule has 6 nitrogen and oxygen atoms in total. The van der Waals surface area contributed by atoms with Gasteiger partial charge in [-0.15, -0.1) is 0 Å². The quantitative estimate of drug-likeness (QED) is 0.404. The van der Waals surface area contributed by atoms with Crippen molar-refractivity contribution in [1.82, 2.24) is 15.2 Å². The minimum Gasteiger partial charge on any atom is -0.457 e. The van der Waals surface area contributed by atoms with E-state index in [4.69, 9.17) is 9.37 Å². The Morgan fingerprint density at radius 3 is 2.77 bits per heavy atom. The molecule has 0 aliphatic carbocycles. The van der Waals surface area contributed by atoms with Crippen molar-refractivity contribution in [2.75, 3.05) is 37.6 Å². The molecule has 0 bridgehead atoms. The first-order chi connectivity index (χ1) is 15.2. The van der Waals surface area contributed by atoms with E-state index in [9.17, 15) is 0 Å². The van der Waals surface area contributed by atoms with Gasteiger partial charge in [0, 0.05) is 31.1 Å². The zero-order chi connectivity index (χ0) is 21.2. The SMILES string of the molecule is C=C/C(=C\C)Oc1ccccc1-c1cc(N2CC(CN3CCCC3)C2)c2nonc2c1. The predicted molar refractivity (Wildman–Crippen MR) is 123 cm³/mol. The third-order valence-corrected chi connectivity index (χ3v) is 6.27. The Balaban J connectivity index is 1.44. The Morgan fingerprint density at radius 2 is 2.00 bits per heavy atom. The Kier molecular flexibility index (Phi) is 5.47. The Hall–Kier alpha value is -3.12. The molecule has 2 aliphatic rings. The molecule has 2 aromatic carbocycles. The summed E-state index contributed by atoms with van der Waals surface area (Å²) in [7, 11) is 0. The van der Waals surface area contributed by atoms with Crippen LogP contribution in [0.25, 0.3) is 22.2 Å². The number of rotatable bonds is 7. The normalized spacial score (nSPS) is 17.8. The number of anilines is 1. The molecule has 0 atom stereocenters. The van der Waals surface area contributed by atoms with Crippen molar-refractivity contribution in [3.8, 4) is 16.9 Å². The Labute approximate surface area is 182 Å². The minimum atomic E-state index is 0.706. The van der Waals surface area contributed by atoms with Crippen molar-refractivity contribution >= 4 is 16.7 Å². The molecule has 0 unspecified atom stereocenters. The molecular weight excluding hydrogens is 388 g/mol. The summed E-state index contributed by atoms with van der Waals surface area (Å²) in [4.78, 5) is 4.99. The number of hydrogen-bond donors (Lipinski definition) is 0. The summed E-state index contributed by atoms with van der Waals surface area (Å²) in [5.74, 6) is 2.22. The molecule has 3 heterocycles. The summed E-state index contributed by atoms with van der Waals surface area (Å²) in [5, 5.41) is 8.33. The van der Waals surface area contributed by atoms with E-state index < -0.39 is 0 Å². The van der Waals surface area contributed by atoms with Gasteiger partial charge in [0.1, 0.15) is 17.0 Å². The van der Waals surface area contributed by atoms with E-state index in [2.05, 4.69) is 38.8 Å². The van der Waals surface area contributed by atoms with Gasteiger partial charge < -0.3 is 14.5 Å². The molecule has 2 aliphatic heterocycles. The van der Waals surface area contributed by atoms with Crippen LogP contribution in [0.15, 0.2) is 65.5 Å². The minimum absolute atomic E-state index is 0.706. The number of aromatic nitrogens is 2. The summed E-state index contributed by atoms with van der Waals surface area (Å²) < 4.78 is 11.2. The van der Waals surface area contributed by atoms with Crippen LogP contribution in [0.2, 0.25) is 0 Å². The highest BCUT2D eigenvalue weighted by Crippen LogP contribution is 2.38. The van der Waals surface area contributed by atoms with E-state index >= 15 is 0 Å². The third-order valence-electron chi connectivity index (χ3n) is 6.27. The highest BCUT2D eigenvalue weighted by atomic mass is 16.6. The van der Waals surface area contributed by atoms with Gasteiger partial charge in [-0.1, -0.05) is 24.8 Å². The van der Waals surface area contributed by atoms with Gasteiger partial charge in [-0.2, -0.15) is 0 Å². The monoisotopic (exact) mass is 416 g/mol. The summed E-state index contributed by atoms with van der Waals surface area (Å²) in [5.41, 5.74) is 4.71. The summed E-state index contributed by atoms with van der Waals surface area (Å²) in [6.45, 7) is 11.5. The van der Waals surface area contributed by atoms with Crippen LogP contribution in [0.4, 0.5) is 5.69 Å². The second kappa shape index (κ2) is 8.55. The standard InChI is InChI=1S/C25H28N4O2/c1-3-20(4-2)30-24-10-6-5-9-21(24)19-13-22-25(27-31-26-22)23(14-19)29-16-18(17-29)15-28-11-7-8-12-28/h3-6,9-10,13-14,18H,1,7-8,11-12,15-17H2,2H3/b20-4+. The number of allylic oxidation sites excluding steroid dienone is 2. The Bertz CT molecular complexity index is 1110. The van der Waals surface area contributed by atoms with Crippen molar-refractivity contribution in [3.05, 3.63) is 60.9 Å². The number of nitrogens with zero attached hydrogens (tertiary/aromatic N) is 4. The smallest absolute Gasteiger partial charge is 0.158 e. The third kappa shape index (κ3) is 3.95. The fourth-order valence-corrected chi connectivity index (χ4v) is 4.62. The first kappa shape index (κ1) is 19.8. The fraction of sp³-hybridized carbons (Fsp3) is 0.360. The maximum absolute atomic E-state index is 6.09. The predicted octanol–water partition coefficient (Wildman–Crippen LogP) is 4.89. The largest absolute Gasteiger partial charge is 0.457 e. The van der Waals surface area contributed by atoms with Gasteiger partial charge in [0.15, 0.2) is 5.52 Å². The van der Waals surface area contributed by atoms with E-state index in [-0.39, 0.29) is 0 Å². The maximum Gasteiger partial charge on any atom is 0.158 e. The van der Waals surface area contributed by atoms with Gasteiger partial charge >= 0.3 is 0 Å². The lowest BCUT2D eigenvalue weighted by atomic mass is 9.96. The van der Waals surface area contributed by atoms with Crippen LogP contribution >= 0.6 is 0 Å². The zero-order valence-electron chi connectivity index (χ0n) is 18.0. The van der Waals surface area contributed by atoms with Crippen molar-refractivity contribution < 1.29 is 9.37 Å². The highest BCUT2D eigenvalue weighted by Gasteiger charge is 2.31. The molecule has 0 saturated carbocycles. The van der Waals surface area contributed by atoms with Crippen LogP contribution in [0.3, 0.4) is 0 Å². The molecule has 5 rings (SSSR count). The topological polar surface area (TPSA) is 54.6 Å². The first-order valence-corrected chi connectivity index (χ1v) is 11.0. The molecule has 3 aromatic rings. The molecule has 6 heteroatoms. The van der Waals surface area contributed by atoms with Gasteiger partial charge in [-0.05, 0) is 79.1 Å². The summed E-state index contributed by atoms with van der Waals surface area (Å²) in [6, 6.07) is 12.2. The molecule has 0 spiro atoms. The van der Waals surface area contributed by atoms with Gasteiger partial charge in [0.25, 0.3) is 0 Å². The summed E-state index contributed by atoms with van der Waals surface area (Å²) >= 11 is 0. The van der Waals surface area contributed by atoms with Crippen LogP contribution in [-0.4, -0.2) is 47.9 Å². The molecule has 160 valence electrons. The van der Waals surface area contributed by atoms with Gasteiger partial charge in [0.05, 0.1) is 5.69 Å². The molecular formula is C25H28N4O2.